The van der Waals surface area contributed by atoms with Crippen LogP contribution < -0.4 is 21.5 Å². The maximum absolute atomic E-state index is 13.0. The second kappa shape index (κ2) is 9.93. The Morgan fingerprint density at radius 1 is 1.43 bits per heavy atom. The third-order valence-electron chi connectivity index (χ3n) is 5.41. The molecule has 1 saturated heterocycles. The van der Waals surface area contributed by atoms with E-state index in [1.165, 1.54) is 18.9 Å². The molecule has 2 aliphatic heterocycles. The number of carboxylic acids is 1. The minimum atomic E-state index is -1.27. The quantitative estimate of drug-likeness (QED) is 0.0668. The molecule has 2 atom stereocenters. The van der Waals surface area contributed by atoms with Crippen molar-refractivity contribution in [1.82, 2.24) is 19.9 Å². The zero-order chi connectivity index (χ0) is 25.3. The monoisotopic (exact) mass is 523 g/mol. The highest BCUT2D eigenvalue weighted by Gasteiger charge is 2.57. The molecule has 4 heterocycles. The summed E-state index contributed by atoms with van der Waals surface area (Å²) >= 11 is 2.43. The number of oxime groups is 1. The molecule has 0 spiro atoms. The number of carboxylic acid groups (broad SMARTS) is 1. The normalized spacial score (nSPS) is 19.9. The van der Waals surface area contributed by atoms with Crippen LogP contribution in [0.25, 0.3) is 0 Å². The van der Waals surface area contributed by atoms with Crippen LogP contribution in [0.5, 0.6) is 0 Å². The number of carbonyl (C=O) groups excluding carboxylic acids is 2. The zero-order valence-corrected chi connectivity index (χ0v) is 20.1. The lowest BCUT2D eigenvalue weighted by Crippen LogP contribution is -2.66. The highest BCUT2D eigenvalue weighted by atomic mass is 32.2. The molecule has 2 aromatic rings. The van der Waals surface area contributed by atoms with Crippen molar-refractivity contribution in [3.05, 3.63) is 34.6 Å². The van der Waals surface area contributed by atoms with Crippen molar-refractivity contribution in [2.45, 2.75) is 18.5 Å². The van der Waals surface area contributed by atoms with E-state index in [9.17, 15) is 24.6 Å². The number of nitrogens with two attached hydrogens (primary N) is 2. The van der Waals surface area contributed by atoms with Gasteiger partial charge in [-0.2, -0.15) is 0 Å². The minimum absolute atomic E-state index is 0.00849. The number of aliphatic hydroxyl groups is 1. The summed E-state index contributed by atoms with van der Waals surface area (Å²) in [5.74, 6) is -3.01. The maximum Gasteiger partial charge on any atom is 0.352 e. The zero-order valence-electron chi connectivity index (χ0n) is 18.4. The molecule has 14 nitrogen and oxygen atoms in total. The average molecular weight is 524 g/mol. The van der Waals surface area contributed by atoms with Crippen LogP contribution in [0.2, 0.25) is 0 Å². The molecule has 0 aliphatic carbocycles. The first-order chi connectivity index (χ1) is 16.8. The van der Waals surface area contributed by atoms with Gasteiger partial charge in [-0.05, 0) is 0 Å². The standard InChI is InChI=1S/C19H22N8O6S2/c1-33-24-14(10-8-35-19(21)22-10)23-15(29)12-16(30)27-13(18(31)32)9(7-34-17(12)27)6-25-3-2-11(20)26(25)4-5-28/h2-3,8,12,17,20,28H,4-7H2,1H3,(H4,21,22,23,24,29,31,32)/p+1. The van der Waals surface area contributed by atoms with E-state index in [2.05, 4.69) is 15.5 Å². The Labute approximate surface area is 206 Å². The smallest absolute Gasteiger partial charge is 0.352 e. The van der Waals surface area contributed by atoms with E-state index in [4.69, 9.17) is 16.3 Å². The van der Waals surface area contributed by atoms with Gasteiger partial charge in [0.1, 0.15) is 36.3 Å². The summed E-state index contributed by atoms with van der Waals surface area (Å²) in [5, 5.41) is 26.6. The van der Waals surface area contributed by atoms with Gasteiger partial charge in [0.25, 0.3) is 0 Å². The van der Waals surface area contributed by atoms with Crippen LogP contribution in [0.4, 0.5) is 10.9 Å². The predicted molar refractivity (Wildman–Crippen MR) is 126 cm³/mol. The van der Waals surface area contributed by atoms with Gasteiger partial charge in [-0.15, -0.1) is 32.5 Å². The number of nitrogens with one attached hydrogen (secondary N) is 1. The van der Waals surface area contributed by atoms with Crippen LogP contribution in [0, 0.1) is 5.92 Å². The Morgan fingerprint density at radius 2 is 2.20 bits per heavy atom. The number of β-lactam (4-membered cyclic amide) rings is 1. The van der Waals surface area contributed by atoms with Crippen LogP contribution in [0.1, 0.15) is 5.69 Å². The van der Waals surface area contributed by atoms with Gasteiger partial charge in [-0.3, -0.25) is 14.5 Å². The molecule has 7 N–H and O–H groups in total. The van der Waals surface area contributed by atoms with Crippen molar-refractivity contribution in [1.29, 1.82) is 0 Å². The first-order valence-electron chi connectivity index (χ1n) is 10.3. The van der Waals surface area contributed by atoms with Gasteiger partial charge in [0.05, 0.1) is 12.7 Å². The third-order valence-corrected chi connectivity index (χ3v) is 7.42. The number of amides is 2. The maximum atomic E-state index is 13.0. The van der Waals surface area contributed by atoms with Crippen molar-refractivity contribution in [3.63, 3.8) is 0 Å². The molecule has 0 radical (unpaired) electrons. The topological polar surface area (TPSA) is 202 Å². The molecule has 4 rings (SSSR count). The summed E-state index contributed by atoms with van der Waals surface area (Å²) in [6.07, 6.45) is 1.67. The fraction of sp³-hybridized carbons (Fsp3) is 0.368. The van der Waals surface area contributed by atoms with Crippen molar-refractivity contribution < 1.29 is 34.1 Å². The molecule has 2 aromatic heterocycles. The summed E-state index contributed by atoms with van der Waals surface area (Å²) in [4.78, 5) is 48.0. The molecule has 2 aliphatic rings. The SMILES string of the molecule is CO/N=C(\NC(=O)C1C(=O)N2C(C(=O)O)=C(C[n+]3ccc(N)n3CCO)CSC12)c1csc(N)n1. The number of aromatic nitrogens is 3. The Bertz CT molecular complexity index is 1240. The van der Waals surface area contributed by atoms with Gasteiger partial charge < -0.3 is 31.8 Å². The highest BCUT2D eigenvalue weighted by Crippen LogP contribution is 2.44. The number of fused-ring (bicyclic) bond motifs is 1. The number of hydrogen-bond donors (Lipinski definition) is 5. The van der Waals surface area contributed by atoms with Gasteiger partial charge in [0, 0.05) is 16.7 Å². The first kappa shape index (κ1) is 24.5. The Morgan fingerprint density at radius 3 is 2.83 bits per heavy atom. The van der Waals surface area contributed by atoms with E-state index in [1.807, 2.05) is 0 Å². The lowest BCUT2D eigenvalue weighted by Gasteiger charge is -2.48. The van der Waals surface area contributed by atoms with Gasteiger partial charge in [-0.1, -0.05) is 5.16 Å². The number of hydrogen-bond acceptors (Lipinski definition) is 11. The molecular weight excluding hydrogens is 500 g/mol. The number of nitrogens with zero attached hydrogens (tertiary/aromatic N) is 5. The number of anilines is 2. The van der Waals surface area contributed by atoms with E-state index < -0.39 is 29.1 Å². The largest absolute Gasteiger partial charge is 0.477 e. The second-order valence-corrected chi connectivity index (χ2v) is 9.51. The average Bonchev–Trinajstić information content (AvgIpc) is 3.39. The number of nitrogen functional groups attached to an aromatic ring is 2. The Hall–Kier alpha value is -3.63. The van der Waals surface area contributed by atoms with Crippen molar-refractivity contribution >= 4 is 57.7 Å². The van der Waals surface area contributed by atoms with Crippen LogP contribution in [0.15, 0.2) is 34.1 Å². The Balaban J connectivity index is 1.55. The molecule has 0 bridgehead atoms. The number of aliphatic carboxylic acids is 1. The summed E-state index contributed by atoms with van der Waals surface area (Å²) < 4.78 is 3.28. The molecule has 0 aromatic carbocycles. The number of aliphatic hydroxyl groups excluding tert-OH is 1. The number of thiazole rings is 1. The number of rotatable bonds is 8. The van der Waals surface area contributed by atoms with E-state index in [0.717, 1.165) is 16.2 Å². The third kappa shape index (κ3) is 4.54. The van der Waals surface area contributed by atoms with Crippen LogP contribution in [-0.2, 0) is 32.3 Å². The molecule has 186 valence electrons. The molecule has 0 saturated carbocycles. The van der Waals surface area contributed by atoms with Crippen LogP contribution in [-0.4, -0.2) is 73.2 Å². The van der Waals surface area contributed by atoms with Gasteiger partial charge in [-0.25, -0.2) is 9.78 Å². The van der Waals surface area contributed by atoms with Gasteiger partial charge in [0.2, 0.25) is 11.8 Å². The van der Waals surface area contributed by atoms with Crippen molar-refractivity contribution in [2.75, 3.05) is 30.9 Å². The van der Waals surface area contributed by atoms with E-state index >= 15 is 0 Å². The highest BCUT2D eigenvalue weighted by molar-refractivity contribution is 8.00. The summed E-state index contributed by atoms with van der Waals surface area (Å²) in [5.41, 5.74) is 12.2. The fourth-order valence-corrected chi connectivity index (χ4v) is 5.83. The summed E-state index contributed by atoms with van der Waals surface area (Å²) in [7, 11) is 1.29. The van der Waals surface area contributed by atoms with E-state index in [0.29, 0.717) is 11.4 Å². The summed E-state index contributed by atoms with van der Waals surface area (Å²) in [6, 6.07) is 1.64. The number of thioether (sulfide) groups is 1. The van der Waals surface area contributed by atoms with Crippen LogP contribution in [0.3, 0.4) is 0 Å². The number of amidine groups is 1. The predicted octanol–water partition coefficient (Wildman–Crippen LogP) is -1.62. The first-order valence-corrected chi connectivity index (χ1v) is 12.2. The minimum Gasteiger partial charge on any atom is -0.477 e. The molecule has 1 fully saturated rings. The van der Waals surface area contributed by atoms with Gasteiger partial charge in [0.15, 0.2) is 29.5 Å². The number of carbonyl (C=O) groups is 3. The van der Waals surface area contributed by atoms with E-state index in [-0.39, 0.29) is 47.8 Å². The van der Waals surface area contributed by atoms with Crippen molar-refractivity contribution in [3.8, 4) is 0 Å². The van der Waals surface area contributed by atoms with Crippen LogP contribution >= 0.6 is 23.1 Å². The molecule has 16 heteroatoms. The molecule has 2 amide bonds. The van der Waals surface area contributed by atoms with Crippen molar-refractivity contribution in [2.24, 2.45) is 11.1 Å². The second-order valence-electron chi connectivity index (χ2n) is 7.51. The fourth-order valence-electron chi connectivity index (χ4n) is 3.89. The Kier molecular flexibility index (Phi) is 6.95. The molecular formula is C19H23N8O6S2+. The lowest BCUT2D eigenvalue weighted by atomic mass is 9.94. The van der Waals surface area contributed by atoms with Gasteiger partial charge >= 0.3 is 5.97 Å². The summed E-state index contributed by atoms with van der Waals surface area (Å²) in [6.45, 7) is 0.226. The molecule has 2 unspecified atom stereocenters. The molecule has 35 heavy (non-hydrogen) atoms. The van der Waals surface area contributed by atoms with E-state index in [1.54, 1.807) is 27.0 Å². The lowest BCUT2D eigenvalue weighted by molar-refractivity contribution is -0.767.